The molecule has 0 saturated carbocycles. The first-order valence-electron chi connectivity index (χ1n) is 7.52. The maximum Gasteiger partial charge on any atom is 0.306 e. The first-order chi connectivity index (χ1) is 10.3. The number of halogens is 1. The molecule has 1 amide bonds. The van der Waals surface area contributed by atoms with Crippen LogP contribution in [0.1, 0.15) is 44.7 Å². The number of carbonyl (C=O) groups is 2. The van der Waals surface area contributed by atoms with Gasteiger partial charge in [-0.15, -0.1) is 0 Å². The second-order valence-electron chi connectivity index (χ2n) is 5.55. The van der Waals surface area contributed by atoms with E-state index in [1.54, 1.807) is 11.8 Å². The normalized spacial score (nSPS) is 10.7. The summed E-state index contributed by atoms with van der Waals surface area (Å²) in [7, 11) is 0. The van der Waals surface area contributed by atoms with Crippen molar-refractivity contribution in [2.45, 2.75) is 53.5 Å². The number of benzene rings is 1. The van der Waals surface area contributed by atoms with Gasteiger partial charge in [0.2, 0.25) is 5.91 Å². The van der Waals surface area contributed by atoms with Crippen molar-refractivity contribution in [3.8, 4) is 0 Å². The number of rotatable bonds is 6. The van der Waals surface area contributed by atoms with E-state index in [-0.39, 0.29) is 30.8 Å². The topological polar surface area (TPSA) is 46.6 Å². The fourth-order valence-corrected chi connectivity index (χ4v) is 2.91. The van der Waals surface area contributed by atoms with Gasteiger partial charge in [-0.3, -0.25) is 9.59 Å². The molecule has 0 bridgehead atoms. The Kier molecular flexibility index (Phi) is 7.32. The number of anilines is 1. The third-order valence-electron chi connectivity index (χ3n) is 3.37. The SMILES string of the molecule is CCOC(=O)CCC(=O)N(c1cc(C)c(I)cc1C)C(C)C. The molecular formula is C17H24INO3. The van der Waals surface area contributed by atoms with Gasteiger partial charge in [0.25, 0.3) is 0 Å². The standard InChI is InChI=1S/C17H24INO3/c1-6-22-17(21)8-7-16(20)19(11(2)3)15-10-12(4)14(18)9-13(15)5/h9-11H,6-8H2,1-5H3. The van der Waals surface area contributed by atoms with E-state index in [9.17, 15) is 9.59 Å². The molecule has 1 aromatic carbocycles. The number of hydrogen-bond donors (Lipinski definition) is 0. The minimum Gasteiger partial charge on any atom is -0.466 e. The summed E-state index contributed by atoms with van der Waals surface area (Å²) >= 11 is 2.29. The quantitative estimate of drug-likeness (QED) is 0.520. The highest BCUT2D eigenvalue weighted by Crippen LogP contribution is 2.27. The average Bonchev–Trinajstić information content (AvgIpc) is 2.42. The Morgan fingerprint density at radius 1 is 1.18 bits per heavy atom. The molecule has 22 heavy (non-hydrogen) atoms. The second kappa shape index (κ2) is 8.50. The van der Waals surface area contributed by atoms with E-state index in [4.69, 9.17) is 4.74 Å². The maximum atomic E-state index is 12.6. The van der Waals surface area contributed by atoms with Gasteiger partial charge >= 0.3 is 5.97 Å². The summed E-state index contributed by atoms with van der Waals surface area (Å²) in [6.07, 6.45) is 0.291. The highest BCUT2D eigenvalue weighted by atomic mass is 127. The number of nitrogens with zero attached hydrogens (tertiary/aromatic N) is 1. The molecule has 1 aromatic rings. The van der Waals surface area contributed by atoms with E-state index in [1.165, 1.54) is 3.57 Å². The molecular weight excluding hydrogens is 393 g/mol. The molecule has 0 aliphatic heterocycles. The third-order valence-corrected chi connectivity index (χ3v) is 4.53. The first kappa shape index (κ1) is 18.9. The van der Waals surface area contributed by atoms with Crippen molar-refractivity contribution < 1.29 is 14.3 Å². The lowest BCUT2D eigenvalue weighted by Crippen LogP contribution is -2.37. The van der Waals surface area contributed by atoms with Crippen molar-refractivity contribution in [3.05, 3.63) is 26.8 Å². The molecule has 0 aliphatic rings. The van der Waals surface area contributed by atoms with Crippen LogP contribution in [0.25, 0.3) is 0 Å². The Morgan fingerprint density at radius 3 is 2.36 bits per heavy atom. The molecule has 0 fully saturated rings. The van der Waals surface area contributed by atoms with Crippen molar-refractivity contribution in [2.24, 2.45) is 0 Å². The van der Waals surface area contributed by atoms with Gasteiger partial charge in [-0.05, 0) is 80.5 Å². The summed E-state index contributed by atoms with van der Waals surface area (Å²) in [6.45, 7) is 10.1. The van der Waals surface area contributed by atoms with E-state index >= 15 is 0 Å². The monoisotopic (exact) mass is 417 g/mol. The lowest BCUT2D eigenvalue weighted by atomic mass is 10.1. The average molecular weight is 417 g/mol. The summed E-state index contributed by atoms with van der Waals surface area (Å²) < 4.78 is 6.07. The van der Waals surface area contributed by atoms with Gasteiger partial charge in [-0.2, -0.15) is 0 Å². The molecule has 0 atom stereocenters. The van der Waals surface area contributed by atoms with Gasteiger partial charge in [-0.1, -0.05) is 0 Å². The summed E-state index contributed by atoms with van der Waals surface area (Å²) in [4.78, 5) is 25.8. The Bertz CT molecular complexity index is 555. The van der Waals surface area contributed by atoms with E-state index in [0.29, 0.717) is 6.61 Å². The van der Waals surface area contributed by atoms with Gasteiger partial charge in [0, 0.05) is 21.7 Å². The molecule has 0 heterocycles. The van der Waals surface area contributed by atoms with Crippen molar-refractivity contribution in [2.75, 3.05) is 11.5 Å². The molecule has 0 aliphatic carbocycles. The van der Waals surface area contributed by atoms with Crippen molar-refractivity contribution in [3.63, 3.8) is 0 Å². The summed E-state index contributed by atoms with van der Waals surface area (Å²) in [5, 5.41) is 0. The van der Waals surface area contributed by atoms with Crippen LogP contribution >= 0.6 is 22.6 Å². The van der Waals surface area contributed by atoms with Crippen LogP contribution in [0.5, 0.6) is 0 Å². The van der Waals surface area contributed by atoms with Gasteiger partial charge in [0.1, 0.15) is 0 Å². The van der Waals surface area contributed by atoms with Crippen LogP contribution in [-0.2, 0) is 14.3 Å². The largest absolute Gasteiger partial charge is 0.466 e. The Hall–Kier alpha value is -1.11. The molecule has 1 rings (SSSR count). The van der Waals surface area contributed by atoms with Crippen LogP contribution in [-0.4, -0.2) is 24.5 Å². The third kappa shape index (κ3) is 4.97. The highest BCUT2D eigenvalue weighted by molar-refractivity contribution is 14.1. The molecule has 5 heteroatoms. The Labute approximate surface area is 146 Å². The molecule has 0 unspecified atom stereocenters. The number of amides is 1. The maximum absolute atomic E-state index is 12.6. The fourth-order valence-electron chi connectivity index (χ4n) is 2.29. The zero-order valence-electron chi connectivity index (χ0n) is 13.9. The Morgan fingerprint density at radius 2 is 1.82 bits per heavy atom. The minimum absolute atomic E-state index is 0.0351. The molecule has 0 saturated heterocycles. The van der Waals surface area contributed by atoms with Crippen LogP contribution in [0.15, 0.2) is 12.1 Å². The van der Waals surface area contributed by atoms with Crippen molar-refractivity contribution in [1.82, 2.24) is 0 Å². The van der Waals surface area contributed by atoms with Crippen LogP contribution < -0.4 is 4.90 Å². The summed E-state index contributed by atoms with van der Waals surface area (Å²) in [5.74, 6) is -0.373. The predicted octanol–water partition coefficient (Wildman–Crippen LogP) is 3.99. The van der Waals surface area contributed by atoms with Crippen molar-refractivity contribution >= 4 is 40.2 Å². The molecule has 0 aromatic heterocycles. The lowest BCUT2D eigenvalue weighted by molar-refractivity contribution is -0.144. The number of hydrogen-bond acceptors (Lipinski definition) is 3. The van der Waals surface area contributed by atoms with Crippen molar-refractivity contribution in [1.29, 1.82) is 0 Å². The molecule has 122 valence electrons. The number of ether oxygens (including phenoxy) is 1. The zero-order chi connectivity index (χ0) is 16.9. The summed E-state index contributed by atoms with van der Waals surface area (Å²) in [5.41, 5.74) is 3.13. The van der Waals surface area contributed by atoms with E-state index in [2.05, 4.69) is 28.7 Å². The number of carbonyl (C=O) groups excluding carboxylic acids is 2. The van der Waals surface area contributed by atoms with Gasteiger partial charge in [0.15, 0.2) is 0 Å². The van der Waals surface area contributed by atoms with Gasteiger partial charge in [0.05, 0.1) is 13.0 Å². The molecule has 0 radical (unpaired) electrons. The van der Waals surface area contributed by atoms with Crippen LogP contribution in [0.4, 0.5) is 5.69 Å². The highest BCUT2D eigenvalue weighted by Gasteiger charge is 2.22. The molecule has 0 spiro atoms. The van der Waals surface area contributed by atoms with E-state index in [1.807, 2.05) is 33.8 Å². The van der Waals surface area contributed by atoms with E-state index < -0.39 is 0 Å². The lowest BCUT2D eigenvalue weighted by Gasteiger charge is -2.29. The predicted molar refractivity (Wildman–Crippen MR) is 97.1 cm³/mol. The van der Waals surface area contributed by atoms with Gasteiger partial charge < -0.3 is 9.64 Å². The zero-order valence-corrected chi connectivity index (χ0v) is 16.1. The second-order valence-corrected chi connectivity index (χ2v) is 6.71. The molecule has 0 N–H and O–H groups in total. The smallest absolute Gasteiger partial charge is 0.306 e. The fraction of sp³-hybridized carbons (Fsp3) is 0.529. The van der Waals surface area contributed by atoms with Gasteiger partial charge in [-0.25, -0.2) is 0 Å². The summed E-state index contributed by atoms with van der Waals surface area (Å²) in [6, 6.07) is 4.16. The number of esters is 1. The molecule has 4 nitrogen and oxygen atoms in total. The van der Waals surface area contributed by atoms with Crippen LogP contribution in [0.3, 0.4) is 0 Å². The first-order valence-corrected chi connectivity index (χ1v) is 8.60. The number of aryl methyl sites for hydroxylation is 2. The van der Waals surface area contributed by atoms with Crippen LogP contribution in [0, 0.1) is 17.4 Å². The minimum atomic E-state index is -0.324. The van der Waals surface area contributed by atoms with E-state index in [0.717, 1.165) is 16.8 Å². The van der Waals surface area contributed by atoms with Crippen LogP contribution in [0.2, 0.25) is 0 Å². The Balaban J connectivity index is 2.97.